The van der Waals surface area contributed by atoms with Gasteiger partial charge in [0.05, 0.1) is 31.3 Å². The Balaban J connectivity index is 1.81. The Kier molecular flexibility index (Phi) is 8.17. The lowest BCUT2D eigenvalue weighted by Crippen LogP contribution is -2.30. The minimum atomic E-state index is -3.58. The molecule has 10 heteroatoms. The Hall–Kier alpha value is -2.40. The summed E-state index contributed by atoms with van der Waals surface area (Å²) in [5.41, 5.74) is 2.34. The second-order valence-corrected chi connectivity index (χ2v) is 9.96. The zero-order valence-corrected chi connectivity index (χ0v) is 21.3. The number of methoxy groups -OCH3 is 2. The van der Waals surface area contributed by atoms with Crippen LogP contribution in [-0.4, -0.2) is 63.1 Å². The lowest BCUT2D eigenvalue weighted by atomic mass is 10.1. The number of nitrogens with zero attached hydrogens (tertiary/aromatic N) is 3. The molecule has 180 valence electrons. The van der Waals surface area contributed by atoms with E-state index in [0.29, 0.717) is 47.2 Å². The van der Waals surface area contributed by atoms with Crippen molar-refractivity contribution in [2.45, 2.75) is 31.8 Å². The lowest BCUT2D eigenvalue weighted by Gasteiger charge is -2.19. The fraction of sp³-hybridized carbons (Fsp3) is 0.435. The smallest absolute Gasteiger partial charge is 0.270 e. The highest BCUT2D eigenvalue weighted by Crippen LogP contribution is 2.28. The van der Waals surface area contributed by atoms with E-state index in [-0.39, 0.29) is 4.90 Å². The number of fused-ring (bicyclic) bond motifs is 1. The van der Waals surface area contributed by atoms with E-state index >= 15 is 0 Å². The highest BCUT2D eigenvalue weighted by Gasteiger charge is 2.23. The lowest BCUT2D eigenvalue weighted by molar-refractivity contribution is 0.268. The van der Waals surface area contributed by atoms with Gasteiger partial charge in [0.2, 0.25) is 10.0 Å². The third-order valence-electron chi connectivity index (χ3n) is 5.60. The first-order chi connectivity index (χ1) is 15.7. The maximum atomic E-state index is 13.0. The molecular formula is C23H31N3O5S2. The molecule has 0 N–H and O–H groups in total. The molecule has 0 atom stereocenters. The van der Waals surface area contributed by atoms with Gasteiger partial charge in [-0.1, -0.05) is 19.9 Å². The summed E-state index contributed by atoms with van der Waals surface area (Å²) < 4.78 is 45.6. The third kappa shape index (κ3) is 5.40. The monoisotopic (exact) mass is 493 g/mol. The Morgan fingerprint density at radius 1 is 1.03 bits per heavy atom. The molecule has 0 amide bonds. The summed E-state index contributed by atoms with van der Waals surface area (Å²) in [5.74, 6) is 1.39. The second-order valence-electron chi connectivity index (χ2n) is 7.68. The minimum absolute atomic E-state index is 0.233. The van der Waals surface area contributed by atoms with Crippen LogP contribution in [0.1, 0.15) is 19.4 Å². The molecule has 2 aromatic carbocycles. The largest absolute Gasteiger partial charge is 0.493 e. The number of oxazole rings is 1. The number of benzene rings is 2. The summed E-state index contributed by atoms with van der Waals surface area (Å²) >= 11 is 5.42. The van der Waals surface area contributed by atoms with Gasteiger partial charge in [-0.05, 0) is 61.6 Å². The van der Waals surface area contributed by atoms with E-state index in [1.54, 1.807) is 32.4 Å². The predicted octanol–water partition coefficient (Wildman–Crippen LogP) is 4.14. The molecule has 0 saturated carbocycles. The third-order valence-corrected chi connectivity index (χ3v) is 7.94. The first kappa shape index (κ1) is 25.2. The van der Waals surface area contributed by atoms with E-state index in [0.717, 1.165) is 18.5 Å². The van der Waals surface area contributed by atoms with Crippen LogP contribution in [0, 0.1) is 4.84 Å². The van der Waals surface area contributed by atoms with Gasteiger partial charge in [0.15, 0.2) is 17.1 Å². The number of hydrogen-bond acceptors (Lipinski definition) is 7. The van der Waals surface area contributed by atoms with Crippen LogP contribution in [0.2, 0.25) is 0 Å². The zero-order valence-electron chi connectivity index (χ0n) is 19.7. The number of sulfonamides is 1. The standard InChI is InChI=1S/C23H31N3O5S2/c1-6-25(7-2)33(27,28)18-9-11-20-19(15-18)26(23(32)31-20)16-24(3)13-12-17-8-10-21(29-4)22(14-17)30-5/h8-11,14-15H,6-7,12-13,16H2,1-5H3. The van der Waals surface area contributed by atoms with Gasteiger partial charge in [0, 0.05) is 19.6 Å². The Morgan fingerprint density at radius 3 is 2.36 bits per heavy atom. The van der Waals surface area contributed by atoms with E-state index < -0.39 is 10.0 Å². The average Bonchev–Trinajstić information content (AvgIpc) is 3.12. The fourth-order valence-electron chi connectivity index (χ4n) is 3.72. The summed E-state index contributed by atoms with van der Waals surface area (Å²) in [6.45, 7) is 5.69. The number of ether oxygens (including phenoxy) is 2. The van der Waals surface area contributed by atoms with Gasteiger partial charge in [-0.25, -0.2) is 8.42 Å². The molecule has 0 aliphatic heterocycles. The van der Waals surface area contributed by atoms with Crippen molar-refractivity contribution < 1.29 is 22.3 Å². The van der Waals surface area contributed by atoms with Crippen LogP contribution in [0.5, 0.6) is 11.5 Å². The summed E-state index contributed by atoms with van der Waals surface area (Å²) in [5, 5.41) is 0. The molecule has 8 nitrogen and oxygen atoms in total. The van der Waals surface area contributed by atoms with Gasteiger partial charge < -0.3 is 13.9 Å². The summed E-state index contributed by atoms with van der Waals surface area (Å²) in [6.07, 6.45) is 0.793. The van der Waals surface area contributed by atoms with E-state index in [1.165, 1.54) is 4.31 Å². The van der Waals surface area contributed by atoms with Crippen molar-refractivity contribution in [1.29, 1.82) is 0 Å². The second kappa shape index (κ2) is 10.7. The molecule has 0 aliphatic carbocycles. The van der Waals surface area contributed by atoms with E-state index in [9.17, 15) is 8.42 Å². The zero-order chi connectivity index (χ0) is 24.2. The molecule has 3 aromatic rings. The fourth-order valence-corrected chi connectivity index (χ4v) is 5.44. The molecule has 3 rings (SSSR count). The van der Waals surface area contributed by atoms with Crippen molar-refractivity contribution in [2.75, 3.05) is 40.9 Å². The van der Waals surface area contributed by atoms with Crippen LogP contribution in [0.3, 0.4) is 0 Å². The van der Waals surface area contributed by atoms with Gasteiger partial charge in [0.25, 0.3) is 4.84 Å². The molecule has 0 bridgehead atoms. The van der Waals surface area contributed by atoms with Gasteiger partial charge in [-0.15, -0.1) is 0 Å². The predicted molar refractivity (Wildman–Crippen MR) is 131 cm³/mol. The topological polar surface area (TPSA) is 77.2 Å². The number of rotatable bonds is 11. The molecule has 33 heavy (non-hydrogen) atoms. The van der Waals surface area contributed by atoms with Crippen LogP contribution in [-0.2, 0) is 23.1 Å². The summed E-state index contributed by atoms with van der Waals surface area (Å²) in [7, 11) is 1.64. The molecular weight excluding hydrogens is 462 g/mol. The van der Waals surface area contributed by atoms with Crippen LogP contribution < -0.4 is 9.47 Å². The van der Waals surface area contributed by atoms with E-state index in [4.69, 9.17) is 26.1 Å². The molecule has 1 heterocycles. The first-order valence-corrected chi connectivity index (χ1v) is 12.6. The molecule has 0 radical (unpaired) electrons. The minimum Gasteiger partial charge on any atom is -0.493 e. The average molecular weight is 494 g/mol. The van der Waals surface area contributed by atoms with Crippen LogP contribution in [0.4, 0.5) is 0 Å². The molecule has 1 aromatic heterocycles. The Morgan fingerprint density at radius 2 is 1.73 bits per heavy atom. The van der Waals surface area contributed by atoms with Gasteiger partial charge in [-0.3, -0.25) is 9.47 Å². The van der Waals surface area contributed by atoms with Crippen molar-refractivity contribution in [3.05, 3.63) is 46.8 Å². The Labute approximate surface area is 200 Å². The Bertz CT molecular complexity index is 1260. The number of hydrogen-bond donors (Lipinski definition) is 0. The first-order valence-electron chi connectivity index (χ1n) is 10.8. The summed E-state index contributed by atoms with van der Waals surface area (Å²) in [4.78, 5) is 2.64. The number of aromatic nitrogens is 1. The van der Waals surface area contributed by atoms with Crippen molar-refractivity contribution >= 4 is 33.3 Å². The van der Waals surface area contributed by atoms with Gasteiger partial charge in [0.1, 0.15) is 0 Å². The van der Waals surface area contributed by atoms with Crippen LogP contribution in [0.15, 0.2) is 45.7 Å². The van der Waals surface area contributed by atoms with Gasteiger partial charge >= 0.3 is 0 Å². The normalized spacial score (nSPS) is 12.1. The van der Waals surface area contributed by atoms with Crippen LogP contribution >= 0.6 is 12.2 Å². The maximum Gasteiger partial charge on any atom is 0.270 e. The quantitative estimate of drug-likeness (QED) is 0.372. The van der Waals surface area contributed by atoms with Gasteiger partial charge in [-0.2, -0.15) is 4.31 Å². The highest BCUT2D eigenvalue weighted by atomic mass is 32.2. The van der Waals surface area contributed by atoms with Crippen molar-refractivity contribution in [1.82, 2.24) is 13.8 Å². The van der Waals surface area contributed by atoms with Crippen molar-refractivity contribution in [3.63, 3.8) is 0 Å². The van der Waals surface area contributed by atoms with Crippen molar-refractivity contribution in [3.8, 4) is 11.5 Å². The molecule has 0 fully saturated rings. The molecule has 0 saturated heterocycles. The molecule has 0 aliphatic rings. The SMILES string of the molecule is CCN(CC)S(=O)(=O)c1ccc2oc(=S)n(CN(C)CCc3ccc(OC)c(OC)c3)c2c1. The highest BCUT2D eigenvalue weighted by molar-refractivity contribution is 7.89. The van der Waals surface area contributed by atoms with E-state index in [2.05, 4.69) is 4.90 Å². The number of likely N-dealkylation sites (N-methyl/N-ethyl adjacent to an activating group) is 1. The van der Waals surface area contributed by atoms with Crippen LogP contribution in [0.25, 0.3) is 11.1 Å². The van der Waals surface area contributed by atoms with E-state index in [1.807, 2.05) is 43.7 Å². The molecule has 0 unspecified atom stereocenters. The molecule has 0 spiro atoms. The summed E-state index contributed by atoms with van der Waals surface area (Å²) in [6, 6.07) is 10.8. The van der Waals surface area contributed by atoms with Crippen molar-refractivity contribution in [2.24, 2.45) is 0 Å². The maximum absolute atomic E-state index is 13.0.